The third-order valence-electron chi connectivity index (χ3n) is 4.21. The van der Waals surface area contributed by atoms with Gasteiger partial charge in [-0.25, -0.2) is 0 Å². The highest BCUT2D eigenvalue weighted by Gasteiger charge is 2.31. The van der Waals surface area contributed by atoms with Gasteiger partial charge in [0, 0.05) is 31.9 Å². The molecule has 1 N–H and O–H groups in total. The van der Waals surface area contributed by atoms with Crippen LogP contribution in [0, 0.1) is 11.3 Å². The summed E-state index contributed by atoms with van der Waals surface area (Å²) in [6, 6.07) is 6.99. The lowest BCUT2D eigenvalue weighted by atomic mass is 10.2. The number of anilines is 1. The molecular weight excluding hydrogens is 377 g/mol. The molecule has 1 aliphatic rings. The number of rotatable bonds is 7. The molecule has 1 fully saturated rings. The predicted octanol–water partition coefficient (Wildman–Crippen LogP) is 3.02. The number of hydrogen-bond acceptors (Lipinski definition) is 4. The predicted molar refractivity (Wildman–Crippen MR) is 101 cm³/mol. The highest BCUT2D eigenvalue weighted by atomic mass is 32.1. The van der Waals surface area contributed by atoms with Gasteiger partial charge < -0.3 is 15.0 Å². The first kappa shape index (κ1) is 21.4. The van der Waals surface area contributed by atoms with E-state index in [0.717, 1.165) is 51.4 Å². The molecule has 9 heteroatoms. The zero-order valence-corrected chi connectivity index (χ0v) is 15.8. The fraction of sp³-hybridized carbons (Fsp3) is 0.556. The smallest absolute Gasteiger partial charge is 0.379 e. The molecule has 0 atom stereocenters. The number of hydrogen-bond donors (Lipinski definition) is 1. The van der Waals surface area contributed by atoms with Crippen molar-refractivity contribution in [3.05, 3.63) is 29.8 Å². The summed E-state index contributed by atoms with van der Waals surface area (Å²) in [6.45, 7) is 5.03. The maximum absolute atomic E-state index is 13.0. The molecule has 0 unspecified atom stereocenters. The van der Waals surface area contributed by atoms with Gasteiger partial charge in [-0.05, 0) is 43.4 Å². The molecule has 0 amide bonds. The maximum atomic E-state index is 13.0. The van der Waals surface area contributed by atoms with E-state index in [9.17, 15) is 13.2 Å². The van der Waals surface area contributed by atoms with Crippen molar-refractivity contribution < 1.29 is 17.9 Å². The third kappa shape index (κ3) is 6.97. The van der Waals surface area contributed by atoms with Crippen molar-refractivity contribution in [3.63, 3.8) is 0 Å². The van der Waals surface area contributed by atoms with Crippen LogP contribution < -0.4 is 10.2 Å². The van der Waals surface area contributed by atoms with E-state index in [0.29, 0.717) is 17.3 Å². The van der Waals surface area contributed by atoms with E-state index < -0.39 is 11.7 Å². The summed E-state index contributed by atoms with van der Waals surface area (Å²) in [5.74, 6) is 0. The minimum Gasteiger partial charge on any atom is -0.379 e. The Bertz CT molecular complexity index is 657. The van der Waals surface area contributed by atoms with Gasteiger partial charge in [0.05, 0.1) is 31.3 Å². The van der Waals surface area contributed by atoms with Crippen LogP contribution in [-0.2, 0) is 10.9 Å². The highest BCUT2D eigenvalue weighted by Crippen LogP contribution is 2.31. The Morgan fingerprint density at radius 2 is 2.07 bits per heavy atom. The molecular formula is C18H23F3N4OS. The van der Waals surface area contributed by atoms with Gasteiger partial charge in [0.2, 0.25) is 0 Å². The molecule has 5 nitrogen and oxygen atoms in total. The molecule has 1 aliphatic heterocycles. The summed E-state index contributed by atoms with van der Waals surface area (Å²) in [6.07, 6.45) is -3.41. The first-order valence-electron chi connectivity index (χ1n) is 8.81. The van der Waals surface area contributed by atoms with Gasteiger partial charge in [-0.1, -0.05) is 6.07 Å². The van der Waals surface area contributed by atoms with Gasteiger partial charge in [0.1, 0.15) is 0 Å². The summed E-state index contributed by atoms with van der Waals surface area (Å²) in [5, 5.41) is 12.3. The molecule has 1 aromatic carbocycles. The molecule has 148 valence electrons. The second kappa shape index (κ2) is 10.4. The van der Waals surface area contributed by atoms with Crippen molar-refractivity contribution in [3.8, 4) is 6.07 Å². The molecule has 0 saturated carbocycles. The molecule has 1 saturated heterocycles. The van der Waals surface area contributed by atoms with E-state index in [2.05, 4.69) is 10.2 Å². The Labute approximate surface area is 162 Å². The standard InChI is InChI=1S/C18H23F3N4OS/c19-18(20,21)15-4-1-5-16(14-15)25(9-2-6-22)17(27)23-7-3-8-24-10-12-26-13-11-24/h1,4-5,14H,2-3,7-13H2,(H,23,27). The van der Waals surface area contributed by atoms with Crippen LogP contribution in [0.25, 0.3) is 0 Å². The molecule has 1 heterocycles. The number of halogens is 3. The summed E-state index contributed by atoms with van der Waals surface area (Å²) in [4.78, 5) is 3.84. The largest absolute Gasteiger partial charge is 0.416 e. The monoisotopic (exact) mass is 400 g/mol. The second-order valence-corrected chi connectivity index (χ2v) is 6.53. The zero-order chi connectivity index (χ0) is 19.7. The van der Waals surface area contributed by atoms with Crippen molar-refractivity contribution in [1.82, 2.24) is 10.2 Å². The van der Waals surface area contributed by atoms with Gasteiger partial charge in [-0.15, -0.1) is 0 Å². The number of benzene rings is 1. The quantitative estimate of drug-likeness (QED) is 0.561. The van der Waals surface area contributed by atoms with Gasteiger partial charge >= 0.3 is 6.18 Å². The number of ether oxygens (including phenoxy) is 1. The van der Waals surface area contributed by atoms with Crippen LogP contribution in [-0.4, -0.2) is 55.9 Å². The van der Waals surface area contributed by atoms with Crippen LogP contribution in [0.5, 0.6) is 0 Å². The van der Waals surface area contributed by atoms with Gasteiger partial charge in [0.15, 0.2) is 5.11 Å². The number of nitrogens with one attached hydrogen (secondary N) is 1. The average molecular weight is 400 g/mol. The van der Waals surface area contributed by atoms with Gasteiger partial charge in [0.25, 0.3) is 0 Å². The Hall–Kier alpha value is -1.89. The van der Waals surface area contributed by atoms with Gasteiger partial charge in [-0.2, -0.15) is 18.4 Å². The first-order chi connectivity index (χ1) is 12.9. The number of morpholine rings is 1. The van der Waals surface area contributed by atoms with Crippen molar-refractivity contribution in [2.75, 3.05) is 50.8 Å². The van der Waals surface area contributed by atoms with Crippen molar-refractivity contribution in [2.45, 2.75) is 19.0 Å². The Morgan fingerprint density at radius 1 is 1.33 bits per heavy atom. The lowest BCUT2D eigenvalue weighted by Gasteiger charge is -2.28. The Balaban J connectivity index is 1.94. The SMILES string of the molecule is N#CCCN(C(=S)NCCCN1CCOCC1)c1cccc(C(F)(F)F)c1. The van der Waals surface area contributed by atoms with Crippen molar-refractivity contribution in [2.24, 2.45) is 0 Å². The fourth-order valence-electron chi connectivity index (χ4n) is 2.78. The van der Waals surface area contributed by atoms with E-state index in [1.54, 1.807) is 11.0 Å². The van der Waals surface area contributed by atoms with Crippen LogP contribution in [0.2, 0.25) is 0 Å². The molecule has 0 aromatic heterocycles. The highest BCUT2D eigenvalue weighted by molar-refractivity contribution is 7.80. The molecule has 1 aromatic rings. The summed E-state index contributed by atoms with van der Waals surface area (Å²) in [5.41, 5.74) is -0.414. The summed E-state index contributed by atoms with van der Waals surface area (Å²) < 4.78 is 44.2. The minimum atomic E-state index is -4.43. The lowest BCUT2D eigenvalue weighted by Crippen LogP contribution is -2.42. The van der Waals surface area contributed by atoms with Crippen LogP contribution in [0.1, 0.15) is 18.4 Å². The topological polar surface area (TPSA) is 51.5 Å². The van der Waals surface area contributed by atoms with Gasteiger partial charge in [-0.3, -0.25) is 4.90 Å². The normalized spacial score (nSPS) is 15.2. The molecule has 0 radical (unpaired) electrons. The molecule has 27 heavy (non-hydrogen) atoms. The van der Waals surface area contributed by atoms with E-state index in [1.807, 2.05) is 6.07 Å². The fourth-order valence-corrected chi connectivity index (χ4v) is 3.08. The Kier molecular flexibility index (Phi) is 8.28. The van der Waals surface area contributed by atoms with E-state index >= 15 is 0 Å². The number of alkyl halides is 3. The number of nitrogens with zero attached hydrogens (tertiary/aromatic N) is 3. The Morgan fingerprint density at radius 3 is 2.74 bits per heavy atom. The van der Waals surface area contributed by atoms with Crippen molar-refractivity contribution in [1.29, 1.82) is 5.26 Å². The average Bonchev–Trinajstić information content (AvgIpc) is 2.66. The minimum absolute atomic E-state index is 0.159. The zero-order valence-electron chi connectivity index (χ0n) is 15.0. The first-order valence-corrected chi connectivity index (χ1v) is 9.22. The van der Waals surface area contributed by atoms with E-state index in [4.69, 9.17) is 22.2 Å². The van der Waals surface area contributed by atoms with Crippen LogP contribution in [0.3, 0.4) is 0 Å². The molecule has 0 aliphatic carbocycles. The van der Waals surface area contributed by atoms with Crippen molar-refractivity contribution >= 4 is 23.0 Å². The summed E-state index contributed by atoms with van der Waals surface area (Å²) in [7, 11) is 0. The van der Waals surface area contributed by atoms with E-state index in [-0.39, 0.29) is 13.0 Å². The second-order valence-electron chi connectivity index (χ2n) is 6.15. The number of nitriles is 1. The third-order valence-corrected chi connectivity index (χ3v) is 4.57. The van der Waals surface area contributed by atoms with E-state index in [1.165, 1.54) is 6.07 Å². The van der Waals surface area contributed by atoms with Crippen LogP contribution in [0.4, 0.5) is 18.9 Å². The maximum Gasteiger partial charge on any atom is 0.416 e. The summed E-state index contributed by atoms with van der Waals surface area (Å²) >= 11 is 5.37. The van der Waals surface area contributed by atoms with Crippen LogP contribution in [0.15, 0.2) is 24.3 Å². The molecule has 2 rings (SSSR count). The lowest BCUT2D eigenvalue weighted by molar-refractivity contribution is -0.137. The molecule has 0 bridgehead atoms. The number of thiocarbonyl (C=S) groups is 1. The molecule has 0 spiro atoms. The van der Waals surface area contributed by atoms with Crippen LogP contribution >= 0.6 is 12.2 Å².